The van der Waals surface area contributed by atoms with Crippen LogP contribution in [0.25, 0.3) is 54.3 Å². The van der Waals surface area contributed by atoms with E-state index in [4.69, 9.17) is 16.8 Å². The smallest absolute Gasteiger partial charge is 0.0714 e. The summed E-state index contributed by atoms with van der Waals surface area (Å²) >= 11 is 6.80. The van der Waals surface area contributed by atoms with Gasteiger partial charge in [-0.1, -0.05) is 151 Å². The SMILES string of the molecule is S=P(c1ccccc1)(c1ccc(-c2c3cccnc3cc3c2ccc2ccccc23)cc1)c1cccc2ccccc12. The molecule has 198 valence electrons. The molecule has 0 aliphatic carbocycles. The van der Waals surface area contributed by atoms with E-state index in [1.54, 1.807) is 0 Å². The molecule has 1 unspecified atom stereocenters. The Kier molecular flexibility index (Phi) is 6.00. The van der Waals surface area contributed by atoms with Gasteiger partial charge in [0, 0.05) is 22.9 Å². The maximum Gasteiger partial charge on any atom is 0.0714 e. The highest BCUT2D eigenvalue weighted by atomic mass is 32.4. The van der Waals surface area contributed by atoms with Crippen molar-refractivity contribution in [1.82, 2.24) is 4.98 Å². The van der Waals surface area contributed by atoms with Crippen LogP contribution in [0.2, 0.25) is 0 Å². The minimum atomic E-state index is -2.34. The number of hydrogen-bond acceptors (Lipinski definition) is 2. The molecule has 0 spiro atoms. The van der Waals surface area contributed by atoms with Gasteiger partial charge in [0.15, 0.2) is 0 Å². The topological polar surface area (TPSA) is 12.9 Å². The van der Waals surface area contributed by atoms with Crippen LogP contribution in [0.1, 0.15) is 0 Å². The molecule has 0 N–H and O–H groups in total. The molecule has 0 amide bonds. The molecule has 42 heavy (non-hydrogen) atoms. The Hall–Kier alpha value is -4.62. The van der Waals surface area contributed by atoms with E-state index in [0.29, 0.717) is 0 Å². The van der Waals surface area contributed by atoms with Gasteiger partial charge in [0.05, 0.1) is 5.52 Å². The number of hydrogen-bond donors (Lipinski definition) is 0. The van der Waals surface area contributed by atoms with E-state index >= 15 is 0 Å². The van der Waals surface area contributed by atoms with Crippen LogP contribution >= 0.6 is 6.04 Å². The first-order valence-corrected chi connectivity index (χ1v) is 17.0. The van der Waals surface area contributed by atoms with Crippen LogP contribution in [0.5, 0.6) is 0 Å². The molecule has 0 saturated heterocycles. The molecular formula is C39H26NPS. The second-order valence-electron chi connectivity index (χ2n) is 10.7. The molecular weight excluding hydrogens is 545 g/mol. The Morgan fingerprint density at radius 1 is 0.452 bits per heavy atom. The van der Waals surface area contributed by atoms with E-state index < -0.39 is 6.04 Å². The third kappa shape index (κ3) is 3.91. The minimum absolute atomic E-state index is 1.01. The van der Waals surface area contributed by atoms with Crippen molar-refractivity contribution in [3.8, 4) is 11.1 Å². The highest BCUT2D eigenvalue weighted by Crippen LogP contribution is 2.46. The minimum Gasteiger partial charge on any atom is -0.256 e. The lowest BCUT2D eigenvalue weighted by molar-refractivity contribution is 1.42. The lowest BCUT2D eigenvalue weighted by atomic mass is 9.91. The fourth-order valence-electron chi connectivity index (χ4n) is 6.39. The van der Waals surface area contributed by atoms with Gasteiger partial charge in [-0.2, -0.15) is 0 Å². The van der Waals surface area contributed by atoms with Crippen molar-refractivity contribution in [1.29, 1.82) is 0 Å². The highest BCUT2D eigenvalue weighted by molar-refractivity contribution is 8.25. The summed E-state index contributed by atoms with van der Waals surface area (Å²) in [6.45, 7) is 0. The average Bonchev–Trinajstić information content (AvgIpc) is 3.07. The zero-order chi connectivity index (χ0) is 28.1. The second-order valence-corrected chi connectivity index (χ2v) is 15.1. The third-order valence-electron chi connectivity index (χ3n) is 8.37. The van der Waals surface area contributed by atoms with Crippen LogP contribution < -0.4 is 15.9 Å². The summed E-state index contributed by atoms with van der Waals surface area (Å²) in [7, 11) is 0. The molecule has 8 aromatic rings. The normalized spacial score (nSPS) is 13.0. The molecule has 7 aromatic carbocycles. The summed E-state index contributed by atoms with van der Waals surface area (Å²) in [5.41, 5.74) is 3.39. The molecule has 0 saturated carbocycles. The van der Waals surface area contributed by atoms with Crippen molar-refractivity contribution in [2.75, 3.05) is 0 Å². The Morgan fingerprint density at radius 2 is 1.10 bits per heavy atom. The van der Waals surface area contributed by atoms with Crippen molar-refractivity contribution in [2.24, 2.45) is 0 Å². The summed E-state index contributed by atoms with van der Waals surface area (Å²) in [5.74, 6) is 0. The Labute approximate surface area is 250 Å². The summed E-state index contributed by atoms with van der Waals surface area (Å²) in [6.07, 6.45) is 1.88. The van der Waals surface area contributed by atoms with Crippen LogP contribution in [0.3, 0.4) is 0 Å². The van der Waals surface area contributed by atoms with Gasteiger partial charge in [-0.25, -0.2) is 0 Å². The van der Waals surface area contributed by atoms with Crippen LogP contribution in [0.4, 0.5) is 0 Å². The zero-order valence-electron chi connectivity index (χ0n) is 22.8. The number of aromatic nitrogens is 1. The first-order valence-electron chi connectivity index (χ1n) is 14.2. The summed E-state index contributed by atoms with van der Waals surface area (Å²) < 4.78 is 0. The Morgan fingerprint density at radius 3 is 1.90 bits per heavy atom. The predicted octanol–water partition coefficient (Wildman–Crippen LogP) is 9.12. The van der Waals surface area contributed by atoms with Gasteiger partial charge >= 0.3 is 0 Å². The number of benzene rings is 7. The largest absolute Gasteiger partial charge is 0.256 e. The van der Waals surface area contributed by atoms with Crippen LogP contribution in [-0.2, 0) is 11.8 Å². The Balaban J connectivity index is 1.37. The average molecular weight is 572 g/mol. The maximum absolute atomic E-state index is 6.80. The number of rotatable bonds is 4. The van der Waals surface area contributed by atoms with Crippen LogP contribution in [0, 0.1) is 0 Å². The van der Waals surface area contributed by atoms with Crippen molar-refractivity contribution in [3.63, 3.8) is 0 Å². The van der Waals surface area contributed by atoms with Gasteiger partial charge in [-0.05, 0) is 66.2 Å². The molecule has 1 atom stereocenters. The molecule has 0 fully saturated rings. The van der Waals surface area contributed by atoms with Crippen LogP contribution in [-0.4, -0.2) is 4.98 Å². The second kappa shape index (κ2) is 10.0. The molecule has 0 bridgehead atoms. The van der Waals surface area contributed by atoms with Gasteiger partial charge in [0.2, 0.25) is 0 Å². The summed E-state index contributed by atoms with van der Waals surface area (Å²) in [6, 6.07) is 52.1. The van der Waals surface area contributed by atoms with Gasteiger partial charge in [-0.3, -0.25) is 4.98 Å². The molecule has 8 rings (SSSR count). The van der Waals surface area contributed by atoms with E-state index in [-0.39, 0.29) is 0 Å². The molecule has 0 aliphatic rings. The first kappa shape index (κ1) is 25.1. The predicted molar refractivity (Wildman–Crippen MR) is 186 cm³/mol. The monoisotopic (exact) mass is 571 g/mol. The third-order valence-corrected chi connectivity index (χ3v) is 13.3. The van der Waals surface area contributed by atoms with Gasteiger partial charge in [0.25, 0.3) is 0 Å². The molecule has 0 radical (unpaired) electrons. The van der Waals surface area contributed by atoms with Crippen LogP contribution in [0.15, 0.2) is 158 Å². The van der Waals surface area contributed by atoms with E-state index in [1.807, 2.05) is 12.3 Å². The summed E-state index contributed by atoms with van der Waals surface area (Å²) in [4.78, 5) is 4.78. The van der Waals surface area contributed by atoms with E-state index in [2.05, 4.69) is 146 Å². The van der Waals surface area contributed by atoms with E-state index in [0.717, 1.165) is 10.9 Å². The van der Waals surface area contributed by atoms with E-state index in [1.165, 1.54) is 59.4 Å². The number of nitrogens with zero attached hydrogens (tertiary/aromatic N) is 1. The van der Waals surface area contributed by atoms with Gasteiger partial charge < -0.3 is 0 Å². The molecule has 1 nitrogen and oxygen atoms in total. The fraction of sp³-hybridized carbons (Fsp3) is 0. The van der Waals surface area contributed by atoms with Gasteiger partial charge in [0.1, 0.15) is 0 Å². The zero-order valence-corrected chi connectivity index (χ0v) is 24.5. The quantitative estimate of drug-likeness (QED) is 0.119. The molecule has 1 heterocycles. The van der Waals surface area contributed by atoms with Crippen molar-refractivity contribution in [3.05, 3.63) is 158 Å². The first-order chi connectivity index (χ1) is 20.7. The molecule has 3 heteroatoms. The standard InChI is InChI=1S/C39H26NPS/c42-41(30-13-2-1-3-14-30,38-18-8-12-27-10-5-7-16-33(27)38)31-22-19-29(20-23-31)39-34-24-21-28-11-4-6-15-32(28)36(34)26-37-35(39)17-9-25-40-37/h1-26H. The van der Waals surface area contributed by atoms with Crippen molar-refractivity contribution < 1.29 is 0 Å². The van der Waals surface area contributed by atoms with Crippen molar-refractivity contribution >= 4 is 77.0 Å². The lowest BCUT2D eigenvalue weighted by Crippen LogP contribution is -2.25. The molecule has 1 aromatic heterocycles. The van der Waals surface area contributed by atoms with Gasteiger partial charge in [-0.15, -0.1) is 0 Å². The summed E-state index contributed by atoms with van der Waals surface area (Å²) in [5, 5.41) is 12.2. The maximum atomic E-state index is 6.80. The molecule has 0 aliphatic heterocycles. The Bertz CT molecular complexity index is 2320. The van der Waals surface area contributed by atoms with Crippen molar-refractivity contribution in [2.45, 2.75) is 0 Å². The van der Waals surface area contributed by atoms with E-state index in [9.17, 15) is 0 Å². The number of pyridine rings is 1. The highest BCUT2D eigenvalue weighted by Gasteiger charge is 2.27. The fourth-order valence-corrected chi connectivity index (χ4v) is 10.5. The number of fused-ring (bicyclic) bond motifs is 5. The lowest BCUT2D eigenvalue weighted by Gasteiger charge is -2.26.